The van der Waals surface area contributed by atoms with Crippen LogP contribution in [0.4, 0.5) is 5.13 Å². The number of thiazole rings is 1. The third kappa shape index (κ3) is 4.26. The Labute approximate surface area is 171 Å². The monoisotopic (exact) mass is 396 g/mol. The first kappa shape index (κ1) is 20.5. The molecule has 0 saturated heterocycles. The van der Waals surface area contributed by atoms with Gasteiger partial charge in [0.05, 0.1) is 36.4 Å². The number of para-hydroxylation sites is 1. The van der Waals surface area contributed by atoms with Crippen LogP contribution in [0.3, 0.4) is 0 Å². The van der Waals surface area contributed by atoms with Crippen LogP contribution in [-0.4, -0.2) is 37.1 Å². The first-order valence-electron chi connectivity index (χ1n) is 10.0. The summed E-state index contributed by atoms with van der Waals surface area (Å²) in [7, 11) is 0. The number of amides is 1. The van der Waals surface area contributed by atoms with Gasteiger partial charge >= 0.3 is 0 Å². The normalized spacial score (nSPS) is 11.4. The largest absolute Gasteiger partial charge is 0.334 e. The number of nitrogens with one attached hydrogen (secondary N) is 1. The number of aromatic nitrogens is 1. The van der Waals surface area contributed by atoms with Crippen LogP contribution in [0, 0.1) is 20.8 Å². The quantitative estimate of drug-likeness (QED) is 0.660. The van der Waals surface area contributed by atoms with Crippen LogP contribution in [0.5, 0.6) is 0 Å². The Balaban J connectivity index is 2.01. The summed E-state index contributed by atoms with van der Waals surface area (Å²) in [6.07, 6.45) is 0. The molecule has 0 spiro atoms. The van der Waals surface area contributed by atoms with Crippen molar-refractivity contribution in [2.24, 2.45) is 0 Å². The molecule has 2 aromatic carbocycles. The van der Waals surface area contributed by atoms with E-state index in [4.69, 9.17) is 4.98 Å². The molecule has 3 aromatic rings. The molecule has 0 aliphatic rings. The Morgan fingerprint density at radius 1 is 1.07 bits per heavy atom. The van der Waals surface area contributed by atoms with Gasteiger partial charge in [-0.05, 0) is 57.9 Å². The maximum absolute atomic E-state index is 13.6. The second-order valence-corrected chi connectivity index (χ2v) is 8.41. The highest BCUT2D eigenvalue weighted by molar-refractivity contribution is 7.22. The summed E-state index contributed by atoms with van der Waals surface area (Å²) < 4.78 is 1.13. The molecule has 0 bridgehead atoms. The van der Waals surface area contributed by atoms with Gasteiger partial charge in [-0.3, -0.25) is 9.69 Å². The molecule has 1 heterocycles. The highest BCUT2D eigenvalue weighted by atomic mass is 32.1. The number of likely N-dealkylation sites (N-methyl/N-ethyl adjacent to an activating group) is 1. The number of carbonyl (C=O) groups is 1. The van der Waals surface area contributed by atoms with E-state index >= 15 is 0 Å². The number of fused-ring (bicyclic) bond motifs is 1. The minimum absolute atomic E-state index is 0.0458. The fourth-order valence-electron chi connectivity index (χ4n) is 3.46. The van der Waals surface area contributed by atoms with Crippen LogP contribution in [0.25, 0.3) is 10.2 Å². The smallest absolute Gasteiger partial charge is 0.260 e. The second-order valence-electron chi connectivity index (χ2n) is 7.40. The van der Waals surface area contributed by atoms with Crippen molar-refractivity contribution in [3.8, 4) is 0 Å². The van der Waals surface area contributed by atoms with E-state index in [1.165, 1.54) is 4.90 Å². The highest BCUT2D eigenvalue weighted by Gasteiger charge is 2.24. The van der Waals surface area contributed by atoms with Crippen LogP contribution in [0.2, 0.25) is 0 Å². The summed E-state index contributed by atoms with van der Waals surface area (Å²) in [6.45, 7) is 14.2. The number of aryl methyl sites for hydroxylation is 3. The average Bonchev–Trinajstić information content (AvgIpc) is 3.12. The third-order valence-electron chi connectivity index (χ3n) is 5.40. The lowest BCUT2D eigenvalue weighted by Gasteiger charge is -2.23. The van der Waals surface area contributed by atoms with Crippen molar-refractivity contribution in [3.63, 3.8) is 0 Å². The number of anilines is 1. The number of rotatable bonds is 7. The standard InChI is InChI=1S/C23H29N3OS/c1-6-25(7-2)13-14-26(22(27)19-15-16(3)11-12-17(19)4)23-24-21-18(5)9-8-10-20(21)28-23/h8-12,15H,6-7,13-14H2,1-5H3/p+1. The number of benzene rings is 2. The maximum Gasteiger partial charge on any atom is 0.260 e. The van der Waals surface area contributed by atoms with Crippen molar-refractivity contribution in [2.75, 3.05) is 31.1 Å². The molecule has 148 valence electrons. The van der Waals surface area contributed by atoms with Gasteiger partial charge in [0.2, 0.25) is 0 Å². The molecule has 0 atom stereocenters. The van der Waals surface area contributed by atoms with Crippen molar-refractivity contribution >= 4 is 32.6 Å². The summed E-state index contributed by atoms with van der Waals surface area (Å²) in [5.74, 6) is 0.0458. The predicted molar refractivity (Wildman–Crippen MR) is 119 cm³/mol. The van der Waals surface area contributed by atoms with E-state index in [9.17, 15) is 4.79 Å². The first-order valence-corrected chi connectivity index (χ1v) is 10.8. The molecule has 0 fully saturated rings. The van der Waals surface area contributed by atoms with E-state index in [-0.39, 0.29) is 5.91 Å². The SMILES string of the molecule is CC[NH+](CC)CCN(C(=O)c1cc(C)ccc1C)c1nc2c(C)cccc2s1. The zero-order valence-corrected chi connectivity index (χ0v) is 18.3. The lowest BCUT2D eigenvalue weighted by atomic mass is 10.0. The van der Waals surface area contributed by atoms with Crippen molar-refractivity contribution in [3.05, 3.63) is 58.7 Å². The van der Waals surface area contributed by atoms with Gasteiger partial charge in [-0.25, -0.2) is 4.98 Å². The second kappa shape index (κ2) is 8.84. The molecule has 0 aliphatic heterocycles. The summed E-state index contributed by atoms with van der Waals surface area (Å²) in [6, 6.07) is 12.3. The van der Waals surface area contributed by atoms with Gasteiger partial charge in [0.25, 0.3) is 5.91 Å². The summed E-state index contributed by atoms with van der Waals surface area (Å²) in [4.78, 5) is 21.8. The fourth-order valence-corrected chi connectivity index (χ4v) is 4.53. The molecule has 0 unspecified atom stereocenters. The van der Waals surface area contributed by atoms with E-state index in [0.29, 0.717) is 6.54 Å². The first-order chi connectivity index (χ1) is 13.4. The van der Waals surface area contributed by atoms with E-state index in [1.807, 2.05) is 30.9 Å². The third-order valence-corrected chi connectivity index (χ3v) is 6.44. The van der Waals surface area contributed by atoms with E-state index in [2.05, 4.69) is 45.0 Å². The van der Waals surface area contributed by atoms with Gasteiger partial charge in [-0.2, -0.15) is 0 Å². The van der Waals surface area contributed by atoms with Crippen LogP contribution in [0.15, 0.2) is 36.4 Å². The molecule has 0 saturated carbocycles. The van der Waals surface area contributed by atoms with E-state index in [1.54, 1.807) is 11.3 Å². The molecular formula is C23H30N3OS+. The van der Waals surface area contributed by atoms with Gasteiger partial charge in [-0.15, -0.1) is 0 Å². The predicted octanol–water partition coefficient (Wildman–Crippen LogP) is 3.79. The lowest BCUT2D eigenvalue weighted by Crippen LogP contribution is -3.12. The fraction of sp³-hybridized carbons (Fsp3) is 0.391. The Morgan fingerprint density at radius 3 is 2.50 bits per heavy atom. The lowest BCUT2D eigenvalue weighted by molar-refractivity contribution is -0.894. The molecule has 0 aliphatic carbocycles. The van der Waals surface area contributed by atoms with Gasteiger partial charge in [0.15, 0.2) is 5.13 Å². The molecule has 1 N–H and O–H groups in total. The molecule has 28 heavy (non-hydrogen) atoms. The van der Waals surface area contributed by atoms with Gasteiger partial charge < -0.3 is 4.90 Å². The Kier molecular flexibility index (Phi) is 6.47. The number of hydrogen-bond acceptors (Lipinski definition) is 3. The molecule has 3 rings (SSSR count). The highest BCUT2D eigenvalue weighted by Crippen LogP contribution is 2.31. The minimum atomic E-state index is 0.0458. The topological polar surface area (TPSA) is 37.6 Å². The van der Waals surface area contributed by atoms with Gasteiger partial charge in [-0.1, -0.05) is 41.2 Å². The Hall–Kier alpha value is -2.24. The van der Waals surface area contributed by atoms with Gasteiger partial charge in [0, 0.05) is 5.56 Å². The van der Waals surface area contributed by atoms with Crippen molar-refractivity contribution in [1.29, 1.82) is 0 Å². The van der Waals surface area contributed by atoms with Crippen LogP contribution >= 0.6 is 11.3 Å². The molecule has 0 radical (unpaired) electrons. The Morgan fingerprint density at radius 2 is 1.82 bits per heavy atom. The minimum Gasteiger partial charge on any atom is -0.334 e. The number of hydrogen-bond donors (Lipinski definition) is 1. The van der Waals surface area contributed by atoms with E-state index < -0.39 is 0 Å². The van der Waals surface area contributed by atoms with Crippen molar-refractivity contribution in [1.82, 2.24) is 4.98 Å². The number of carbonyl (C=O) groups excluding carboxylic acids is 1. The molecule has 5 heteroatoms. The van der Waals surface area contributed by atoms with Crippen LogP contribution < -0.4 is 9.80 Å². The van der Waals surface area contributed by atoms with Crippen molar-refractivity contribution in [2.45, 2.75) is 34.6 Å². The van der Waals surface area contributed by atoms with Crippen LogP contribution in [0.1, 0.15) is 40.9 Å². The van der Waals surface area contributed by atoms with Gasteiger partial charge in [0.1, 0.15) is 0 Å². The van der Waals surface area contributed by atoms with Crippen molar-refractivity contribution < 1.29 is 9.69 Å². The average molecular weight is 397 g/mol. The molecular weight excluding hydrogens is 366 g/mol. The summed E-state index contributed by atoms with van der Waals surface area (Å²) in [5, 5.41) is 0.793. The molecule has 1 amide bonds. The Bertz CT molecular complexity index is 975. The molecule has 1 aromatic heterocycles. The number of quaternary nitrogens is 1. The molecule has 4 nitrogen and oxygen atoms in total. The summed E-state index contributed by atoms with van der Waals surface area (Å²) >= 11 is 1.60. The summed E-state index contributed by atoms with van der Waals surface area (Å²) in [5.41, 5.74) is 5.02. The van der Waals surface area contributed by atoms with E-state index in [0.717, 1.165) is 57.2 Å². The zero-order valence-electron chi connectivity index (χ0n) is 17.5. The number of nitrogens with zero attached hydrogens (tertiary/aromatic N) is 2. The van der Waals surface area contributed by atoms with Crippen LogP contribution in [-0.2, 0) is 0 Å². The maximum atomic E-state index is 13.6. The zero-order chi connectivity index (χ0) is 20.3.